The fraction of sp³-hybridized carbons (Fsp3) is 0.400. The number of aromatic nitrogens is 1. The van der Waals surface area contributed by atoms with E-state index in [1.165, 1.54) is 17.3 Å². The quantitative estimate of drug-likeness (QED) is 0.749. The Kier molecular flexibility index (Phi) is 3.31. The molecule has 1 saturated heterocycles. The Morgan fingerprint density at radius 2 is 2.11 bits per heavy atom. The molecule has 1 aliphatic rings. The molecule has 0 aromatic carbocycles. The number of rotatable bonds is 3. The number of nitrogens with zero attached hydrogens (tertiary/aromatic N) is 2. The van der Waals surface area contributed by atoms with Crippen LogP contribution < -0.4 is 16.4 Å². The van der Waals surface area contributed by atoms with Crippen LogP contribution in [0.1, 0.15) is 6.42 Å². The second-order valence-corrected chi connectivity index (χ2v) is 5.85. The summed E-state index contributed by atoms with van der Waals surface area (Å²) in [4.78, 5) is 16.9. The van der Waals surface area contributed by atoms with Crippen molar-refractivity contribution in [2.24, 2.45) is 5.92 Å². The summed E-state index contributed by atoms with van der Waals surface area (Å²) in [6.45, 7) is 0.0807. The van der Waals surface area contributed by atoms with Crippen molar-refractivity contribution in [2.45, 2.75) is 6.42 Å². The van der Waals surface area contributed by atoms with E-state index in [0.29, 0.717) is 5.69 Å². The summed E-state index contributed by atoms with van der Waals surface area (Å²) in [6, 6.07) is 0. The Hall–Kier alpha value is -1.90. The molecular formula is C10H13FN4O3S. The highest BCUT2D eigenvalue weighted by Gasteiger charge is 2.34. The lowest BCUT2D eigenvalue weighted by Gasteiger charge is -2.18. The van der Waals surface area contributed by atoms with E-state index >= 15 is 0 Å². The van der Waals surface area contributed by atoms with Crippen LogP contribution in [0.5, 0.6) is 0 Å². The third kappa shape index (κ3) is 2.92. The van der Waals surface area contributed by atoms with Gasteiger partial charge in [0.25, 0.3) is 0 Å². The topological polar surface area (TPSA) is 119 Å². The van der Waals surface area contributed by atoms with Crippen LogP contribution in [-0.4, -0.2) is 31.6 Å². The molecule has 1 fully saturated rings. The fourth-order valence-corrected chi connectivity index (χ4v) is 2.88. The Labute approximate surface area is 109 Å². The predicted molar refractivity (Wildman–Crippen MR) is 68.4 cm³/mol. The lowest BCUT2D eigenvalue weighted by Crippen LogP contribution is -2.26. The van der Waals surface area contributed by atoms with Gasteiger partial charge in [-0.15, -0.1) is 3.89 Å². The van der Waals surface area contributed by atoms with Crippen LogP contribution in [0, 0.1) is 5.92 Å². The predicted octanol–water partition coefficient (Wildman–Crippen LogP) is -0.102. The van der Waals surface area contributed by atoms with E-state index in [0.717, 1.165) is 0 Å². The summed E-state index contributed by atoms with van der Waals surface area (Å²) < 4.78 is 33.8. The van der Waals surface area contributed by atoms with Crippen LogP contribution in [0.25, 0.3) is 0 Å². The molecule has 1 aromatic heterocycles. The summed E-state index contributed by atoms with van der Waals surface area (Å²) in [7, 11) is -4.61. The lowest BCUT2D eigenvalue weighted by atomic mass is 10.1. The maximum atomic E-state index is 12.6. The molecule has 104 valence electrons. The number of nitrogen functional groups attached to an aromatic ring is 2. The average Bonchev–Trinajstić information content (AvgIpc) is 2.61. The minimum Gasteiger partial charge on any atom is -0.396 e. The van der Waals surface area contributed by atoms with Crippen LogP contribution in [0.2, 0.25) is 0 Å². The van der Waals surface area contributed by atoms with Crippen molar-refractivity contribution >= 4 is 33.2 Å². The van der Waals surface area contributed by atoms with E-state index in [1.54, 1.807) is 0 Å². The molecule has 0 saturated carbocycles. The Bertz CT molecular complexity index is 619. The van der Waals surface area contributed by atoms with Gasteiger partial charge in [-0.3, -0.25) is 9.78 Å². The third-order valence-corrected chi connectivity index (χ3v) is 3.80. The summed E-state index contributed by atoms with van der Waals surface area (Å²) >= 11 is 0. The molecule has 0 aliphatic carbocycles. The Balaban J connectivity index is 2.23. The van der Waals surface area contributed by atoms with Gasteiger partial charge in [0, 0.05) is 18.9 Å². The number of halogens is 1. The zero-order chi connectivity index (χ0) is 14.2. The lowest BCUT2D eigenvalue weighted by molar-refractivity contribution is -0.117. The molecular weight excluding hydrogens is 275 g/mol. The van der Waals surface area contributed by atoms with Gasteiger partial charge in [-0.1, -0.05) is 0 Å². The zero-order valence-electron chi connectivity index (χ0n) is 9.91. The number of nitrogens with two attached hydrogens (primary N) is 2. The van der Waals surface area contributed by atoms with Gasteiger partial charge in [0.1, 0.15) is 0 Å². The van der Waals surface area contributed by atoms with Crippen LogP contribution in [0.3, 0.4) is 0 Å². The van der Waals surface area contributed by atoms with E-state index in [-0.39, 0.29) is 30.2 Å². The monoisotopic (exact) mass is 288 g/mol. The van der Waals surface area contributed by atoms with Crippen LogP contribution in [0.4, 0.5) is 20.9 Å². The maximum absolute atomic E-state index is 12.6. The number of hydrogen-bond acceptors (Lipinski definition) is 6. The van der Waals surface area contributed by atoms with Crippen molar-refractivity contribution in [3.63, 3.8) is 0 Å². The van der Waals surface area contributed by atoms with Gasteiger partial charge in [-0.05, 0) is 0 Å². The molecule has 1 aliphatic heterocycles. The van der Waals surface area contributed by atoms with Crippen LogP contribution in [-0.2, 0) is 15.0 Å². The highest BCUT2D eigenvalue weighted by Crippen LogP contribution is 2.32. The van der Waals surface area contributed by atoms with Crippen LogP contribution in [0.15, 0.2) is 12.4 Å². The first-order chi connectivity index (χ1) is 8.78. The van der Waals surface area contributed by atoms with E-state index in [9.17, 15) is 17.1 Å². The maximum Gasteiger partial charge on any atom is 0.302 e. The Morgan fingerprint density at radius 3 is 2.74 bits per heavy atom. The number of pyridine rings is 1. The van der Waals surface area contributed by atoms with Gasteiger partial charge in [0.15, 0.2) is 0 Å². The van der Waals surface area contributed by atoms with Crippen molar-refractivity contribution < 1.29 is 17.1 Å². The molecule has 1 unspecified atom stereocenters. The SMILES string of the molecule is Nc1cncc(N2CC(CS(=O)(=O)F)CC2=O)c1N. The summed E-state index contributed by atoms with van der Waals surface area (Å²) in [6.07, 6.45) is 2.68. The minimum absolute atomic E-state index is 0.0443. The molecule has 1 amide bonds. The zero-order valence-corrected chi connectivity index (χ0v) is 10.7. The summed E-state index contributed by atoms with van der Waals surface area (Å²) in [5, 5.41) is 0. The molecule has 2 heterocycles. The van der Waals surface area contributed by atoms with E-state index < -0.39 is 21.9 Å². The molecule has 19 heavy (non-hydrogen) atoms. The molecule has 1 aromatic rings. The largest absolute Gasteiger partial charge is 0.396 e. The first kappa shape index (κ1) is 13.5. The summed E-state index contributed by atoms with van der Waals surface area (Å²) in [5.41, 5.74) is 12.1. The number of hydrogen-bond donors (Lipinski definition) is 2. The molecule has 1 atom stereocenters. The van der Waals surface area contributed by atoms with Crippen LogP contribution >= 0.6 is 0 Å². The fourth-order valence-electron chi connectivity index (χ4n) is 2.10. The molecule has 0 radical (unpaired) electrons. The smallest absolute Gasteiger partial charge is 0.302 e. The highest BCUT2D eigenvalue weighted by atomic mass is 32.3. The third-order valence-electron chi connectivity index (χ3n) is 2.93. The number of carbonyl (C=O) groups is 1. The molecule has 4 N–H and O–H groups in total. The minimum atomic E-state index is -4.61. The van der Waals surface area contributed by atoms with Crippen molar-refractivity contribution in [2.75, 3.05) is 28.7 Å². The number of anilines is 3. The first-order valence-corrected chi connectivity index (χ1v) is 7.05. The van der Waals surface area contributed by atoms with E-state index in [2.05, 4.69) is 4.98 Å². The normalized spacial score (nSPS) is 19.9. The van der Waals surface area contributed by atoms with E-state index in [1.807, 2.05) is 0 Å². The number of carbonyl (C=O) groups excluding carboxylic acids is 1. The first-order valence-electron chi connectivity index (χ1n) is 5.49. The average molecular weight is 288 g/mol. The second-order valence-electron chi connectivity index (χ2n) is 4.44. The van der Waals surface area contributed by atoms with Gasteiger partial charge in [-0.2, -0.15) is 8.42 Å². The Morgan fingerprint density at radius 1 is 1.42 bits per heavy atom. The summed E-state index contributed by atoms with van der Waals surface area (Å²) in [5.74, 6) is -1.60. The molecule has 0 spiro atoms. The number of amides is 1. The van der Waals surface area contributed by atoms with E-state index in [4.69, 9.17) is 11.5 Å². The van der Waals surface area contributed by atoms with Gasteiger partial charge in [-0.25, -0.2) is 0 Å². The second kappa shape index (κ2) is 4.65. The molecule has 0 bridgehead atoms. The van der Waals surface area contributed by atoms with Crippen molar-refractivity contribution in [3.05, 3.63) is 12.4 Å². The van der Waals surface area contributed by atoms with Crippen molar-refractivity contribution in [1.29, 1.82) is 0 Å². The van der Waals surface area contributed by atoms with Crippen molar-refractivity contribution in [1.82, 2.24) is 4.98 Å². The molecule has 7 nitrogen and oxygen atoms in total. The highest BCUT2D eigenvalue weighted by molar-refractivity contribution is 7.86. The van der Waals surface area contributed by atoms with Crippen molar-refractivity contribution in [3.8, 4) is 0 Å². The van der Waals surface area contributed by atoms with Gasteiger partial charge >= 0.3 is 10.2 Å². The van der Waals surface area contributed by atoms with Gasteiger partial charge in [0.2, 0.25) is 5.91 Å². The van der Waals surface area contributed by atoms with Gasteiger partial charge in [0.05, 0.1) is 35.2 Å². The van der Waals surface area contributed by atoms with Gasteiger partial charge < -0.3 is 16.4 Å². The molecule has 2 rings (SSSR count). The standard InChI is InChI=1S/C10H13FN4O3S/c11-19(17,18)5-6-1-9(16)15(4-6)8-3-14-2-7(12)10(8)13/h2-3,6H,1,4-5,12H2,(H2,13,14). The molecule has 9 heteroatoms.